The lowest BCUT2D eigenvalue weighted by molar-refractivity contribution is 0.0726. The van der Waals surface area contributed by atoms with Gasteiger partial charge in [-0.1, -0.05) is 18.2 Å². The third kappa shape index (κ3) is 2.52. The summed E-state index contributed by atoms with van der Waals surface area (Å²) in [4.78, 5) is 20.7. The number of aryl methyl sites for hydroxylation is 1. The summed E-state index contributed by atoms with van der Waals surface area (Å²) >= 11 is 0. The number of hydrogen-bond donors (Lipinski definition) is 1. The van der Waals surface area contributed by atoms with Crippen molar-refractivity contribution in [3.63, 3.8) is 0 Å². The zero-order valence-corrected chi connectivity index (χ0v) is 15.0. The molecular formula is C20H23N5O. The van der Waals surface area contributed by atoms with Crippen LogP contribution in [0.3, 0.4) is 0 Å². The Morgan fingerprint density at radius 2 is 2.04 bits per heavy atom. The highest BCUT2D eigenvalue weighted by Crippen LogP contribution is 2.28. The molecule has 0 saturated carbocycles. The number of carbonyl (C=O) groups is 1. The van der Waals surface area contributed by atoms with Gasteiger partial charge >= 0.3 is 0 Å². The number of rotatable bonds is 1. The minimum atomic E-state index is 0.0394. The number of H-pyrrole nitrogens is 1. The summed E-state index contributed by atoms with van der Waals surface area (Å²) in [7, 11) is 2.12. The summed E-state index contributed by atoms with van der Waals surface area (Å²) in [6.07, 6.45) is 1.96. The number of fused-ring (bicyclic) bond motifs is 4. The van der Waals surface area contributed by atoms with E-state index in [-0.39, 0.29) is 5.91 Å². The fraction of sp³-hybridized carbons (Fsp3) is 0.400. The van der Waals surface area contributed by atoms with Gasteiger partial charge in [0.1, 0.15) is 0 Å². The number of nitrogens with one attached hydrogen (secondary N) is 1. The summed E-state index contributed by atoms with van der Waals surface area (Å²) in [6, 6.07) is 10.4. The Morgan fingerprint density at radius 1 is 1.15 bits per heavy atom. The third-order valence-electron chi connectivity index (χ3n) is 5.59. The largest absolute Gasteiger partial charge is 0.357 e. The van der Waals surface area contributed by atoms with E-state index in [2.05, 4.69) is 40.2 Å². The van der Waals surface area contributed by atoms with Crippen molar-refractivity contribution in [1.82, 2.24) is 24.6 Å². The Morgan fingerprint density at radius 3 is 2.96 bits per heavy atom. The molecule has 0 radical (unpaired) electrons. The van der Waals surface area contributed by atoms with Gasteiger partial charge in [0.05, 0.1) is 12.2 Å². The van der Waals surface area contributed by atoms with Crippen LogP contribution in [0.2, 0.25) is 0 Å². The lowest BCUT2D eigenvalue weighted by Gasteiger charge is -2.26. The van der Waals surface area contributed by atoms with Gasteiger partial charge in [0.2, 0.25) is 0 Å². The fourth-order valence-electron chi connectivity index (χ4n) is 4.26. The standard InChI is InChI=1S/C20H23N5O/c1-23-8-4-9-25-14(12-23)11-18(22-25)20(26)24-10-7-16-15-5-2-3-6-17(15)21-19(16)13-24/h2-3,5-6,11,21H,4,7-10,12-13H2,1H3. The highest BCUT2D eigenvalue weighted by Gasteiger charge is 2.27. The van der Waals surface area contributed by atoms with Crippen molar-refractivity contribution >= 4 is 16.8 Å². The molecule has 0 spiro atoms. The number of hydrogen-bond acceptors (Lipinski definition) is 3. The van der Waals surface area contributed by atoms with E-state index < -0.39 is 0 Å². The van der Waals surface area contributed by atoms with E-state index in [4.69, 9.17) is 0 Å². The molecule has 1 aromatic carbocycles. The van der Waals surface area contributed by atoms with Crippen LogP contribution in [0.5, 0.6) is 0 Å². The van der Waals surface area contributed by atoms with Gasteiger partial charge < -0.3 is 14.8 Å². The Hall–Kier alpha value is -2.60. The summed E-state index contributed by atoms with van der Waals surface area (Å²) in [5.41, 5.74) is 5.38. The predicted molar refractivity (Wildman–Crippen MR) is 99.9 cm³/mol. The number of aromatic nitrogens is 3. The molecule has 3 aromatic rings. The second-order valence-corrected chi connectivity index (χ2v) is 7.44. The molecule has 0 fully saturated rings. The van der Waals surface area contributed by atoms with Gasteiger partial charge in [-0.3, -0.25) is 9.48 Å². The molecule has 0 aliphatic carbocycles. The Bertz CT molecular complexity index is 985. The second kappa shape index (κ2) is 5.99. The van der Waals surface area contributed by atoms with Crippen LogP contribution in [-0.2, 0) is 26.1 Å². The van der Waals surface area contributed by atoms with Crippen LogP contribution < -0.4 is 0 Å². The van der Waals surface area contributed by atoms with Gasteiger partial charge in [0, 0.05) is 42.8 Å². The molecular weight excluding hydrogens is 326 g/mol. The van der Waals surface area contributed by atoms with Gasteiger partial charge in [0.25, 0.3) is 5.91 Å². The van der Waals surface area contributed by atoms with Gasteiger partial charge in [-0.05, 0) is 37.6 Å². The molecule has 2 aromatic heterocycles. The van der Waals surface area contributed by atoms with Crippen LogP contribution in [0.25, 0.3) is 10.9 Å². The normalized spacial score (nSPS) is 17.8. The van der Waals surface area contributed by atoms with E-state index in [0.29, 0.717) is 12.2 Å². The minimum Gasteiger partial charge on any atom is -0.357 e. The number of carbonyl (C=O) groups excluding carboxylic acids is 1. The van der Waals surface area contributed by atoms with Gasteiger partial charge in [-0.2, -0.15) is 5.10 Å². The summed E-state index contributed by atoms with van der Waals surface area (Å²) in [5, 5.41) is 5.89. The summed E-state index contributed by atoms with van der Waals surface area (Å²) in [5.74, 6) is 0.0394. The fourth-order valence-corrected chi connectivity index (χ4v) is 4.26. The average molecular weight is 349 g/mol. The first-order chi connectivity index (χ1) is 12.7. The van der Waals surface area contributed by atoms with Crippen LogP contribution in [0.15, 0.2) is 30.3 Å². The Kier molecular flexibility index (Phi) is 3.60. The van der Waals surface area contributed by atoms with Crippen LogP contribution in [-0.4, -0.2) is 50.6 Å². The Labute approximate surface area is 152 Å². The van der Waals surface area contributed by atoms with Crippen LogP contribution in [0.4, 0.5) is 0 Å². The first-order valence-corrected chi connectivity index (χ1v) is 9.32. The molecule has 5 rings (SSSR count). The van der Waals surface area contributed by atoms with E-state index in [1.807, 2.05) is 21.7 Å². The van der Waals surface area contributed by atoms with Crippen LogP contribution >= 0.6 is 0 Å². The molecule has 0 atom stereocenters. The van der Waals surface area contributed by atoms with Crippen molar-refractivity contribution in [2.24, 2.45) is 0 Å². The highest BCUT2D eigenvalue weighted by atomic mass is 16.2. The van der Waals surface area contributed by atoms with Crippen molar-refractivity contribution in [3.05, 3.63) is 53.0 Å². The van der Waals surface area contributed by atoms with Crippen molar-refractivity contribution < 1.29 is 4.79 Å². The van der Waals surface area contributed by atoms with E-state index in [0.717, 1.165) is 55.9 Å². The van der Waals surface area contributed by atoms with Crippen LogP contribution in [0, 0.1) is 0 Å². The third-order valence-corrected chi connectivity index (χ3v) is 5.59. The van der Waals surface area contributed by atoms with E-state index in [9.17, 15) is 4.79 Å². The Balaban J connectivity index is 1.41. The molecule has 0 saturated heterocycles. The number of amides is 1. The topological polar surface area (TPSA) is 57.2 Å². The zero-order valence-electron chi connectivity index (χ0n) is 15.0. The maximum Gasteiger partial charge on any atom is 0.274 e. The molecule has 6 heteroatoms. The first kappa shape index (κ1) is 15.6. The quantitative estimate of drug-likeness (QED) is 0.734. The number of nitrogens with zero attached hydrogens (tertiary/aromatic N) is 4. The van der Waals surface area contributed by atoms with Gasteiger partial charge in [-0.15, -0.1) is 0 Å². The van der Waals surface area contributed by atoms with Crippen molar-refractivity contribution in [3.8, 4) is 0 Å². The number of aromatic amines is 1. The van der Waals surface area contributed by atoms with Crippen molar-refractivity contribution in [2.45, 2.75) is 32.5 Å². The molecule has 6 nitrogen and oxygen atoms in total. The molecule has 1 N–H and O–H groups in total. The molecule has 26 heavy (non-hydrogen) atoms. The molecule has 2 aliphatic heterocycles. The van der Waals surface area contributed by atoms with Crippen LogP contribution in [0.1, 0.15) is 33.9 Å². The molecule has 4 heterocycles. The number of benzene rings is 1. The molecule has 0 bridgehead atoms. The maximum absolute atomic E-state index is 13.0. The molecule has 0 unspecified atom stereocenters. The van der Waals surface area contributed by atoms with Gasteiger partial charge in [-0.25, -0.2) is 0 Å². The zero-order chi connectivity index (χ0) is 17.7. The molecule has 134 valence electrons. The average Bonchev–Trinajstić information content (AvgIpc) is 3.17. The number of para-hydroxylation sites is 1. The SMILES string of the molecule is CN1CCCn2nc(C(=O)N3CCc4c([nH]c5ccccc45)C3)cc2C1. The van der Waals surface area contributed by atoms with E-state index >= 15 is 0 Å². The summed E-state index contributed by atoms with van der Waals surface area (Å²) < 4.78 is 2.01. The highest BCUT2D eigenvalue weighted by molar-refractivity contribution is 5.93. The maximum atomic E-state index is 13.0. The predicted octanol–water partition coefficient (Wildman–Crippen LogP) is 2.40. The first-order valence-electron chi connectivity index (χ1n) is 9.32. The van der Waals surface area contributed by atoms with E-state index in [1.54, 1.807) is 0 Å². The van der Waals surface area contributed by atoms with Crippen molar-refractivity contribution in [2.75, 3.05) is 20.1 Å². The van der Waals surface area contributed by atoms with E-state index in [1.165, 1.54) is 10.9 Å². The minimum absolute atomic E-state index is 0.0394. The monoisotopic (exact) mass is 349 g/mol. The lowest BCUT2D eigenvalue weighted by Crippen LogP contribution is -2.36. The summed E-state index contributed by atoms with van der Waals surface area (Å²) in [6.45, 7) is 4.19. The molecule has 1 amide bonds. The molecule has 2 aliphatic rings. The smallest absolute Gasteiger partial charge is 0.274 e. The van der Waals surface area contributed by atoms with Gasteiger partial charge in [0.15, 0.2) is 5.69 Å². The van der Waals surface area contributed by atoms with Crippen molar-refractivity contribution in [1.29, 1.82) is 0 Å². The lowest BCUT2D eigenvalue weighted by atomic mass is 10.0. The second-order valence-electron chi connectivity index (χ2n) is 7.44.